The van der Waals surface area contributed by atoms with Crippen molar-refractivity contribution in [2.75, 3.05) is 26.0 Å². The van der Waals surface area contributed by atoms with E-state index in [1.54, 1.807) is 31.1 Å². The predicted octanol–water partition coefficient (Wildman–Crippen LogP) is 4.22. The first kappa shape index (κ1) is 21.0. The number of benzene rings is 2. The van der Waals surface area contributed by atoms with Gasteiger partial charge in [0.25, 0.3) is 5.91 Å². The Morgan fingerprint density at radius 2 is 1.78 bits per heavy atom. The maximum Gasteiger partial charge on any atom is 0.262 e. The minimum absolute atomic E-state index is 0.0376. The van der Waals surface area contributed by atoms with E-state index in [1.165, 1.54) is 0 Å². The summed E-state index contributed by atoms with van der Waals surface area (Å²) in [6, 6.07) is 13.0. The zero-order valence-electron chi connectivity index (χ0n) is 16.1. The number of hydrogen-bond acceptors (Lipinski definition) is 3. The standard InChI is InChI=1S/C21H25BrN2O3/c1-14(2)18-12-16(22)7-10-19(18)27-13-20(25)23-17-8-5-15(6-9-17)11-21(26)24(3)4/h5-10,12,14H,11,13H2,1-4H3,(H,23,25). The van der Waals surface area contributed by atoms with Gasteiger partial charge in [-0.05, 0) is 47.4 Å². The van der Waals surface area contributed by atoms with Crippen LogP contribution in [0.3, 0.4) is 0 Å². The van der Waals surface area contributed by atoms with Crippen molar-refractivity contribution < 1.29 is 14.3 Å². The first-order chi connectivity index (χ1) is 12.8. The molecule has 2 aromatic rings. The molecule has 0 aliphatic rings. The lowest BCUT2D eigenvalue weighted by atomic mass is 10.0. The maximum atomic E-state index is 12.2. The summed E-state index contributed by atoms with van der Waals surface area (Å²) < 4.78 is 6.69. The Bertz CT molecular complexity index is 802. The largest absolute Gasteiger partial charge is 0.483 e. The SMILES string of the molecule is CC(C)c1cc(Br)ccc1OCC(=O)Nc1ccc(CC(=O)N(C)C)cc1. The van der Waals surface area contributed by atoms with E-state index in [0.29, 0.717) is 17.9 Å². The lowest BCUT2D eigenvalue weighted by Crippen LogP contribution is -2.23. The Morgan fingerprint density at radius 1 is 1.11 bits per heavy atom. The van der Waals surface area contributed by atoms with E-state index in [1.807, 2.05) is 30.3 Å². The molecule has 0 aliphatic carbocycles. The van der Waals surface area contributed by atoms with Gasteiger partial charge in [0.15, 0.2) is 6.61 Å². The van der Waals surface area contributed by atoms with Crippen LogP contribution >= 0.6 is 15.9 Å². The molecule has 0 bridgehead atoms. The highest BCUT2D eigenvalue weighted by Gasteiger charge is 2.11. The van der Waals surface area contributed by atoms with Crippen molar-refractivity contribution in [2.24, 2.45) is 0 Å². The van der Waals surface area contributed by atoms with Crippen LogP contribution in [-0.4, -0.2) is 37.4 Å². The van der Waals surface area contributed by atoms with Crippen LogP contribution in [0.25, 0.3) is 0 Å². The zero-order chi connectivity index (χ0) is 20.0. The van der Waals surface area contributed by atoms with Crippen molar-refractivity contribution in [3.05, 3.63) is 58.1 Å². The molecule has 1 N–H and O–H groups in total. The number of rotatable bonds is 7. The van der Waals surface area contributed by atoms with Crippen molar-refractivity contribution in [1.29, 1.82) is 0 Å². The van der Waals surface area contributed by atoms with Gasteiger partial charge in [-0.15, -0.1) is 0 Å². The molecule has 0 atom stereocenters. The zero-order valence-corrected chi connectivity index (χ0v) is 17.7. The van der Waals surface area contributed by atoms with Crippen LogP contribution < -0.4 is 10.1 Å². The van der Waals surface area contributed by atoms with Gasteiger partial charge in [0.1, 0.15) is 5.75 Å². The van der Waals surface area contributed by atoms with Gasteiger partial charge in [-0.2, -0.15) is 0 Å². The maximum absolute atomic E-state index is 12.2. The molecule has 6 heteroatoms. The van der Waals surface area contributed by atoms with Crippen molar-refractivity contribution >= 4 is 33.4 Å². The number of likely N-dealkylation sites (N-methyl/N-ethyl adjacent to an activating group) is 1. The van der Waals surface area contributed by atoms with E-state index >= 15 is 0 Å². The normalized spacial score (nSPS) is 10.6. The Balaban J connectivity index is 1.92. The van der Waals surface area contributed by atoms with Gasteiger partial charge < -0.3 is 15.0 Å². The first-order valence-electron chi connectivity index (χ1n) is 8.77. The van der Waals surface area contributed by atoms with Gasteiger partial charge in [0.2, 0.25) is 5.91 Å². The highest BCUT2D eigenvalue weighted by atomic mass is 79.9. The minimum atomic E-state index is -0.232. The predicted molar refractivity (Wildman–Crippen MR) is 111 cm³/mol. The van der Waals surface area contributed by atoms with Crippen molar-refractivity contribution in [3.63, 3.8) is 0 Å². The van der Waals surface area contributed by atoms with Gasteiger partial charge in [0, 0.05) is 24.3 Å². The number of nitrogens with one attached hydrogen (secondary N) is 1. The molecular weight excluding hydrogens is 408 g/mol. The highest BCUT2D eigenvalue weighted by molar-refractivity contribution is 9.10. The third-order valence-electron chi connectivity index (χ3n) is 4.04. The van der Waals surface area contributed by atoms with Crippen LogP contribution in [0.1, 0.15) is 30.9 Å². The number of halogens is 1. The molecule has 0 aromatic heterocycles. The number of amides is 2. The molecule has 0 unspecified atom stereocenters. The second-order valence-corrected chi connectivity index (χ2v) is 7.75. The summed E-state index contributed by atoms with van der Waals surface area (Å²) in [5.41, 5.74) is 2.62. The molecule has 2 aromatic carbocycles. The van der Waals surface area contributed by atoms with Gasteiger partial charge >= 0.3 is 0 Å². The number of anilines is 1. The fourth-order valence-electron chi connectivity index (χ4n) is 2.48. The Kier molecular flexibility index (Phi) is 7.42. The smallest absolute Gasteiger partial charge is 0.262 e. The summed E-state index contributed by atoms with van der Waals surface area (Å²) in [5, 5.41) is 2.81. The highest BCUT2D eigenvalue weighted by Crippen LogP contribution is 2.29. The van der Waals surface area contributed by atoms with Crippen LogP contribution in [0.5, 0.6) is 5.75 Å². The number of carbonyl (C=O) groups excluding carboxylic acids is 2. The minimum Gasteiger partial charge on any atom is -0.483 e. The topological polar surface area (TPSA) is 58.6 Å². The first-order valence-corrected chi connectivity index (χ1v) is 9.56. The Labute approximate surface area is 168 Å². The number of nitrogens with zero attached hydrogens (tertiary/aromatic N) is 1. The van der Waals surface area contributed by atoms with E-state index in [0.717, 1.165) is 15.6 Å². The van der Waals surface area contributed by atoms with Gasteiger partial charge in [-0.1, -0.05) is 41.9 Å². The third-order valence-corrected chi connectivity index (χ3v) is 4.54. The average Bonchev–Trinajstić information content (AvgIpc) is 2.62. The molecule has 5 nitrogen and oxygen atoms in total. The average molecular weight is 433 g/mol. The van der Waals surface area contributed by atoms with Crippen LogP contribution in [0.2, 0.25) is 0 Å². The Hall–Kier alpha value is -2.34. The van der Waals surface area contributed by atoms with Crippen LogP contribution in [-0.2, 0) is 16.0 Å². The molecular formula is C21H25BrN2O3. The summed E-state index contributed by atoms with van der Waals surface area (Å²) in [6.45, 7) is 4.09. The third kappa shape index (κ3) is 6.40. The molecule has 0 saturated heterocycles. The Morgan fingerprint density at radius 3 is 2.37 bits per heavy atom. The summed E-state index contributed by atoms with van der Waals surface area (Å²) in [5.74, 6) is 0.805. The van der Waals surface area contributed by atoms with Gasteiger partial charge in [-0.3, -0.25) is 9.59 Å². The fourth-order valence-corrected chi connectivity index (χ4v) is 2.86. The molecule has 27 heavy (non-hydrogen) atoms. The molecule has 0 radical (unpaired) electrons. The van der Waals surface area contributed by atoms with Crippen LogP contribution in [0.4, 0.5) is 5.69 Å². The monoisotopic (exact) mass is 432 g/mol. The molecule has 0 fully saturated rings. The van der Waals surface area contributed by atoms with Crippen LogP contribution in [0, 0.1) is 0 Å². The lowest BCUT2D eigenvalue weighted by molar-refractivity contribution is -0.128. The quantitative estimate of drug-likeness (QED) is 0.712. The fraction of sp³-hybridized carbons (Fsp3) is 0.333. The van der Waals surface area contributed by atoms with E-state index in [2.05, 4.69) is 35.1 Å². The molecule has 0 saturated carbocycles. The van der Waals surface area contributed by atoms with E-state index in [4.69, 9.17) is 4.74 Å². The van der Waals surface area contributed by atoms with Crippen molar-refractivity contribution in [1.82, 2.24) is 4.90 Å². The van der Waals surface area contributed by atoms with Gasteiger partial charge in [0.05, 0.1) is 6.42 Å². The van der Waals surface area contributed by atoms with E-state index < -0.39 is 0 Å². The van der Waals surface area contributed by atoms with Crippen molar-refractivity contribution in [3.8, 4) is 5.75 Å². The summed E-state index contributed by atoms with van der Waals surface area (Å²) in [4.78, 5) is 25.5. The molecule has 2 amide bonds. The summed E-state index contributed by atoms with van der Waals surface area (Å²) in [6.07, 6.45) is 0.339. The lowest BCUT2D eigenvalue weighted by Gasteiger charge is -2.14. The van der Waals surface area contributed by atoms with Gasteiger partial charge in [-0.25, -0.2) is 0 Å². The van der Waals surface area contributed by atoms with E-state index in [-0.39, 0.29) is 24.3 Å². The summed E-state index contributed by atoms with van der Waals surface area (Å²) >= 11 is 3.46. The summed E-state index contributed by atoms with van der Waals surface area (Å²) in [7, 11) is 3.46. The molecule has 144 valence electrons. The number of hydrogen-bond donors (Lipinski definition) is 1. The molecule has 0 aliphatic heterocycles. The molecule has 0 heterocycles. The van der Waals surface area contributed by atoms with Crippen molar-refractivity contribution in [2.45, 2.75) is 26.2 Å². The molecule has 0 spiro atoms. The number of carbonyl (C=O) groups is 2. The van der Waals surface area contributed by atoms with E-state index in [9.17, 15) is 9.59 Å². The second kappa shape index (κ2) is 9.55. The second-order valence-electron chi connectivity index (χ2n) is 6.84. The number of ether oxygens (including phenoxy) is 1. The van der Waals surface area contributed by atoms with Crippen LogP contribution in [0.15, 0.2) is 46.9 Å². The molecule has 2 rings (SSSR count).